The molecule has 0 radical (unpaired) electrons. The minimum atomic E-state index is -3.67. The molecule has 0 saturated carbocycles. The van der Waals surface area contributed by atoms with Crippen molar-refractivity contribution >= 4 is 21.6 Å². The molecule has 7 heteroatoms. The summed E-state index contributed by atoms with van der Waals surface area (Å²) in [6, 6.07) is 12.9. The number of rotatable bonds is 6. The zero-order valence-electron chi connectivity index (χ0n) is 17.3. The van der Waals surface area contributed by atoms with E-state index in [1.54, 1.807) is 12.1 Å². The van der Waals surface area contributed by atoms with Crippen LogP contribution in [0.15, 0.2) is 47.4 Å². The Morgan fingerprint density at radius 2 is 1.90 bits per heavy atom. The molecule has 1 fully saturated rings. The van der Waals surface area contributed by atoms with Crippen LogP contribution in [0.2, 0.25) is 0 Å². The van der Waals surface area contributed by atoms with Gasteiger partial charge in [-0.3, -0.25) is 4.79 Å². The first-order valence-corrected chi connectivity index (χ1v) is 12.1. The van der Waals surface area contributed by atoms with Gasteiger partial charge in [0.15, 0.2) is 0 Å². The molecule has 1 aliphatic heterocycles. The Balaban J connectivity index is 1.62. The van der Waals surface area contributed by atoms with Crippen LogP contribution in [0.4, 0.5) is 5.69 Å². The molecule has 0 bridgehead atoms. The summed E-state index contributed by atoms with van der Waals surface area (Å²) in [6.07, 6.45) is 4.47. The maximum absolute atomic E-state index is 13.2. The highest BCUT2D eigenvalue weighted by atomic mass is 32.2. The molecular weight excluding hydrogens is 400 g/mol. The molecule has 2 aliphatic rings. The van der Waals surface area contributed by atoms with Gasteiger partial charge in [0.05, 0.1) is 12.5 Å². The van der Waals surface area contributed by atoms with Crippen molar-refractivity contribution in [2.75, 3.05) is 25.0 Å². The van der Waals surface area contributed by atoms with Crippen molar-refractivity contribution in [2.24, 2.45) is 0 Å². The average Bonchev–Trinajstić information content (AvgIpc) is 3.30. The van der Waals surface area contributed by atoms with Gasteiger partial charge in [-0.05, 0) is 68.4 Å². The maximum Gasteiger partial charge on any atom is 0.246 e. The lowest BCUT2D eigenvalue weighted by Gasteiger charge is -2.25. The third kappa shape index (κ3) is 4.09. The number of benzene rings is 2. The minimum Gasteiger partial charge on any atom is -0.492 e. The van der Waals surface area contributed by atoms with Crippen LogP contribution in [0.3, 0.4) is 0 Å². The molecular formula is C23H28N2O4S. The highest BCUT2D eigenvalue weighted by molar-refractivity contribution is 7.89. The number of nitrogens with one attached hydrogen (secondary N) is 1. The lowest BCUT2D eigenvalue weighted by molar-refractivity contribution is -0.117. The van der Waals surface area contributed by atoms with Gasteiger partial charge in [-0.1, -0.05) is 24.3 Å². The van der Waals surface area contributed by atoms with Gasteiger partial charge in [-0.25, -0.2) is 8.42 Å². The Labute approximate surface area is 178 Å². The van der Waals surface area contributed by atoms with Gasteiger partial charge < -0.3 is 10.1 Å². The highest BCUT2D eigenvalue weighted by Crippen LogP contribution is 2.34. The van der Waals surface area contributed by atoms with Crippen molar-refractivity contribution in [3.05, 3.63) is 53.6 Å². The van der Waals surface area contributed by atoms with Crippen LogP contribution < -0.4 is 10.1 Å². The number of sulfonamides is 1. The molecule has 1 amide bonds. The Hall–Kier alpha value is -2.38. The second-order valence-corrected chi connectivity index (χ2v) is 9.74. The number of aryl methyl sites for hydroxylation is 1. The number of hydrogen-bond donors (Lipinski definition) is 1. The van der Waals surface area contributed by atoms with Gasteiger partial charge in [-0.2, -0.15) is 4.31 Å². The first kappa shape index (κ1) is 20.9. The van der Waals surface area contributed by atoms with Crippen molar-refractivity contribution in [2.45, 2.75) is 49.8 Å². The van der Waals surface area contributed by atoms with Crippen LogP contribution in [0.1, 0.15) is 49.7 Å². The van der Waals surface area contributed by atoms with Crippen molar-refractivity contribution in [1.29, 1.82) is 0 Å². The molecule has 1 atom stereocenters. The van der Waals surface area contributed by atoms with E-state index in [-0.39, 0.29) is 16.7 Å². The van der Waals surface area contributed by atoms with Gasteiger partial charge in [0.25, 0.3) is 0 Å². The third-order valence-corrected chi connectivity index (χ3v) is 7.80. The van der Waals surface area contributed by atoms with E-state index in [0.717, 1.165) is 37.7 Å². The zero-order valence-corrected chi connectivity index (χ0v) is 18.1. The summed E-state index contributed by atoms with van der Waals surface area (Å²) in [7, 11) is -3.67. The van der Waals surface area contributed by atoms with E-state index in [0.29, 0.717) is 31.1 Å². The van der Waals surface area contributed by atoms with E-state index in [9.17, 15) is 13.2 Å². The summed E-state index contributed by atoms with van der Waals surface area (Å²) < 4.78 is 33.4. The lowest BCUT2D eigenvalue weighted by atomic mass is 9.82. The molecule has 1 unspecified atom stereocenters. The van der Waals surface area contributed by atoms with Crippen molar-refractivity contribution in [1.82, 2.24) is 4.31 Å². The highest BCUT2D eigenvalue weighted by Gasteiger charge is 2.31. The number of fused-ring (bicyclic) bond motifs is 1. The van der Waals surface area contributed by atoms with Crippen LogP contribution in [-0.4, -0.2) is 38.3 Å². The molecule has 1 saturated heterocycles. The van der Waals surface area contributed by atoms with E-state index in [1.807, 2.05) is 25.1 Å². The second-order valence-electron chi connectivity index (χ2n) is 7.84. The van der Waals surface area contributed by atoms with Crippen molar-refractivity contribution in [3.8, 4) is 5.75 Å². The standard InChI is InChI=1S/C23H28N2O4S/c1-2-29-21-13-12-18(16-22(21)30(27,28)25-14-5-6-15-25)24-23(26)20-11-7-9-17-8-3-4-10-19(17)20/h3-4,8,10,12-13,16,20H,2,5-7,9,11,14-15H2,1H3,(H,24,26). The first-order valence-electron chi connectivity index (χ1n) is 10.7. The SMILES string of the molecule is CCOc1ccc(NC(=O)C2CCCc3ccccc32)cc1S(=O)(=O)N1CCCC1. The summed E-state index contributed by atoms with van der Waals surface area (Å²) in [4.78, 5) is 13.2. The lowest BCUT2D eigenvalue weighted by Crippen LogP contribution is -2.28. The largest absolute Gasteiger partial charge is 0.492 e. The summed E-state index contributed by atoms with van der Waals surface area (Å²) in [5.74, 6) is 0.00130. The fourth-order valence-corrected chi connectivity index (χ4v) is 6.06. The van der Waals surface area contributed by atoms with Gasteiger partial charge in [0.2, 0.25) is 15.9 Å². The van der Waals surface area contributed by atoms with Gasteiger partial charge >= 0.3 is 0 Å². The van der Waals surface area contributed by atoms with Crippen LogP contribution in [0.25, 0.3) is 0 Å². The number of nitrogens with zero attached hydrogens (tertiary/aromatic N) is 1. The molecule has 0 spiro atoms. The quantitative estimate of drug-likeness (QED) is 0.756. The molecule has 1 N–H and O–H groups in total. The molecule has 0 aromatic heterocycles. The second kappa shape index (κ2) is 8.78. The minimum absolute atomic E-state index is 0.101. The molecule has 6 nitrogen and oxygen atoms in total. The Morgan fingerprint density at radius 1 is 1.13 bits per heavy atom. The van der Waals surface area contributed by atoms with Gasteiger partial charge in [0.1, 0.15) is 10.6 Å². The van der Waals surface area contributed by atoms with Crippen molar-refractivity contribution < 1.29 is 17.9 Å². The Morgan fingerprint density at radius 3 is 2.67 bits per heavy atom. The smallest absolute Gasteiger partial charge is 0.246 e. The van der Waals surface area contributed by atoms with E-state index in [1.165, 1.54) is 15.9 Å². The van der Waals surface area contributed by atoms with Crippen LogP contribution in [-0.2, 0) is 21.2 Å². The number of ether oxygens (including phenoxy) is 1. The van der Waals surface area contributed by atoms with E-state index >= 15 is 0 Å². The average molecular weight is 429 g/mol. The van der Waals surface area contributed by atoms with Crippen molar-refractivity contribution in [3.63, 3.8) is 0 Å². The third-order valence-electron chi connectivity index (χ3n) is 5.88. The fourth-order valence-electron chi connectivity index (χ4n) is 4.39. The van der Waals surface area contributed by atoms with Gasteiger partial charge in [0, 0.05) is 18.8 Å². The van der Waals surface area contributed by atoms with Crippen LogP contribution in [0.5, 0.6) is 5.75 Å². The normalized spacial score (nSPS) is 19.3. The fraction of sp³-hybridized carbons (Fsp3) is 0.435. The van der Waals surface area contributed by atoms with E-state index < -0.39 is 10.0 Å². The number of hydrogen-bond acceptors (Lipinski definition) is 4. The first-order chi connectivity index (χ1) is 14.5. The van der Waals surface area contributed by atoms with Crippen LogP contribution in [0, 0.1) is 0 Å². The molecule has 1 aliphatic carbocycles. The predicted molar refractivity (Wildman–Crippen MR) is 116 cm³/mol. The van der Waals surface area contributed by atoms with Gasteiger partial charge in [-0.15, -0.1) is 0 Å². The van der Waals surface area contributed by atoms with Crippen LogP contribution >= 0.6 is 0 Å². The Bertz CT molecular complexity index is 1030. The zero-order chi connectivity index (χ0) is 21.1. The molecule has 1 heterocycles. The topological polar surface area (TPSA) is 75.7 Å². The maximum atomic E-state index is 13.2. The summed E-state index contributed by atoms with van der Waals surface area (Å²) >= 11 is 0. The molecule has 2 aromatic carbocycles. The number of carbonyl (C=O) groups excluding carboxylic acids is 1. The molecule has 4 rings (SSSR count). The monoisotopic (exact) mass is 428 g/mol. The van der Waals surface area contributed by atoms with E-state index in [2.05, 4.69) is 11.4 Å². The summed E-state index contributed by atoms with van der Waals surface area (Å²) in [5.41, 5.74) is 2.76. The number of anilines is 1. The molecule has 2 aromatic rings. The molecule has 160 valence electrons. The van der Waals surface area contributed by atoms with E-state index in [4.69, 9.17) is 4.74 Å². The Kier molecular flexibility index (Phi) is 6.11. The summed E-state index contributed by atoms with van der Waals surface area (Å²) in [5, 5.41) is 2.95. The number of carbonyl (C=O) groups is 1. The summed E-state index contributed by atoms with van der Waals surface area (Å²) in [6.45, 7) is 3.22. The predicted octanol–water partition coefficient (Wildman–Crippen LogP) is 3.93. The number of amides is 1. The molecule has 30 heavy (non-hydrogen) atoms.